The van der Waals surface area contributed by atoms with Crippen LogP contribution >= 0.6 is 22.6 Å². The molecule has 0 amide bonds. The predicted molar refractivity (Wildman–Crippen MR) is 130 cm³/mol. The van der Waals surface area contributed by atoms with Gasteiger partial charge in [0.1, 0.15) is 0 Å². The summed E-state index contributed by atoms with van der Waals surface area (Å²) in [6.45, 7) is 0. The van der Waals surface area contributed by atoms with Gasteiger partial charge in [0, 0.05) is 14.9 Å². The summed E-state index contributed by atoms with van der Waals surface area (Å²) >= 11 is 2.27. The lowest BCUT2D eigenvalue weighted by Crippen LogP contribution is -2.07. The van der Waals surface area contributed by atoms with Gasteiger partial charge in [0.25, 0.3) is 0 Å². The number of halogens is 1. The van der Waals surface area contributed by atoms with E-state index in [0.29, 0.717) is 17.8 Å². The van der Waals surface area contributed by atoms with Crippen molar-refractivity contribution >= 4 is 58.0 Å². The first-order valence-corrected chi connectivity index (χ1v) is 10.3. The Morgan fingerprint density at radius 2 is 1.23 bits per heavy atom. The number of aromatic nitrogens is 3. The summed E-state index contributed by atoms with van der Waals surface area (Å²) in [6.07, 6.45) is 1.72. The molecule has 1 aromatic heterocycles. The summed E-state index contributed by atoms with van der Waals surface area (Å²) in [5.41, 5.74) is 5.62. The Bertz CT molecular complexity index is 1070. The molecule has 4 rings (SSSR count). The zero-order valence-corrected chi connectivity index (χ0v) is 18.0. The van der Waals surface area contributed by atoms with E-state index in [1.54, 1.807) is 6.21 Å². The first kappa shape index (κ1) is 19.8. The van der Waals surface area contributed by atoms with Crippen molar-refractivity contribution in [2.45, 2.75) is 0 Å². The van der Waals surface area contributed by atoms with Crippen molar-refractivity contribution in [3.63, 3.8) is 0 Å². The largest absolute Gasteiger partial charge is 0.324 e. The summed E-state index contributed by atoms with van der Waals surface area (Å²) in [5, 5.41) is 10.6. The number of rotatable bonds is 7. The van der Waals surface area contributed by atoms with Crippen LogP contribution in [0.1, 0.15) is 5.56 Å². The number of anilines is 5. The standard InChI is InChI=1S/C22H18IN7/c23-17-9-7-8-16(14-17)15-24-30-22-28-20(25-18-10-3-1-4-11-18)27-21(29-22)26-19-12-5-2-6-13-19/h1-15H,(H3,25,26,27,28,29,30). The van der Waals surface area contributed by atoms with Crippen LogP contribution in [0.25, 0.3) is 0 Å². The van der Waals surface area contributed by atoms with Crippen LogP contribution in [0.4, 0.5) is 29.2 Å². The molecular formula is C22H18IN7. The molecule has 1 heterocycles. The Morgan fingerprint density at radius 3 is 1.80 bits per heavy atom. The number of hydrogen-bond acceptors (Lipinski definition) is 7. The van der Waals surface area contributed by atoms with Gasteiger partial charge in [-0.1, -0.05) is 48.5 Å². The number of hydrogen-bond donors (Lipinski definition) is 3. The molecule has 0 fully saturated rings. The second kappa shape index (κ2) is 9.79. The van der Waals surface area contributed by atoms with Gasteiger partial charge in [-0.2, -0.15) is 20.1 Å². The van der Waals surface area contributed by atoms with Gasteiger partial charge in [-0.25, -0.2) is 5.43 Å². The van der Waals surface area contributed by atoms with E-state index in [1.807, 2.05) is 84.9 Å². The van der Waals surface area contributed by atoms with Crippen molar-refractivity contribution in [2.24, 2.45) is 5.10 Å². The third kappa shape index (κ3) is 5.74. The Kier molecular flexibility index (Phi) is 6.45. The molecule has 0 aliphatic rings. The second-order valence-corrected chi connectivity index (χ2v) is 7.46. The SMILES string of the molecule is Ic1cccc(C=NNc2nc(Nc3ccccc3)nc(Nc3ccccc3)n2)c1. The van der Waals surface area contributed by atoms with Gasteiger partial charge in [0.15, 0.2) is 0 Å². The van der Waals surface area contributed by atoms with Crippen LogP contribution in [-0.4, -0.2) is 21.2 Å². The zero-order chi connectivity index (χ0) is 20.6. The molecule has 148 valence electrons. The van der Waals surface area contributed by atoms with Crippen LogP contribution in [0, 0.1) is 3.57 Å². The molecule has 0 atom stereocenters. The first-order chi connectivity index (χ1) is 14.7. The highest BCUT2D eigenvalue weighted by atomic mass is 127. The van der Waals surface area contributed by atoms with Crippen molar-refractivity contribution in [2.75, 3.05) is 16.1 Å². The third-order valence-corrected chi connectivity index (χ3v) is 4.59. The van der Waals surface area contributed by atoms with Gasteiger partial charge in [-0.15, -0.1) is 0 Å². The molecule has 0 unspecified atom stereocenters. The van der Waals surface area contributed by atoms with Crippen molar-refractivity contribution in [3.8, 4) is 0 Å². The number of hydrazone groups is 1. The van der Waals surface area contributed by atoms with Crippen LogP contribution in [0.15, 0.2) is 90.0 Å². The second-order valence-electron chi connectivity index (χ2n) is 6.21. The van der Waals surface area contributed by atoms with Crippen molar-refractivity contribution in [3.05, 3.63) is 94.1 Å². The fraction of sp³-hybridized carbons (Fsp3) is 0. The lowest BCUT2D eigenvalue weighted by atomic mass is 10.2. The maximum atomic E-state index is 4.46. The third-order valence-electron chi connectivity index (χ3n) is 3.92. The molecule has 4 aromatic rings. The molecule has 0 spiro atoms. The van der Waals surface area contributed by atoms with Crippen LogP contribution in [0.2, 0.25) is 0 Å². The van der Waals surface area contributed by atoms with Gasteiger partial charge < -0.3 is 10.6 Å². The smallest absolute Gasteiger partial charge is 0.250 e. The minimum absolute atomic E-state index is 0.323. The number of para-hydroxylation sites is 2. The lowest BCUT2D eigenvalue weighted by molar-refractivity contribution is 1.04. The molecule has 8 heteroatoms. The van der Waals surface area contributed by atoms with Crippen molar-refractivity contribution in [1.82, 2.24) is 15.0 Å². The Labute approximate surface area is 187 Å². The fourth-order valence-electron chi connectivity index (χ4n) is 2.59. The van der Waals surface area contributed by atoms with E-state index < -0.39 is 0 Å². The Balaban J connectivity index is 1.57. The minimum Gasteiger partial charge on any atom is -0.324 e. The van der Waals surface area contributed by atoms with E-state index in [2.05, 4.69) is 58.7 Å². The van der Waals surface area contributed by atoms with Crippen molar-refractivity contribution < 1.29 is 0 Å². The molecule has 30 heavy (non-hydrogen) atoms. The van der Waals surface area contributed by atoms with Gasteiger partial charge in [0.05, 0.1) is 6.21 Å². The van der Waals surface area contributed by atoms with E-state index in [1.165, 1.54) is 0 Å². The normalized spacial score (nSPS) is 10.7. The fourth-order valence-corrected chi connectivity index (χ4v) is 3.16. The number of benzene rings is 3. The Hall–Kier alpha value is -3.53. The average molecular weight is 507 g/mol. The van der Waals surface area contributed by atoms with E-state index >= 15 is 0 Å². The molecule has 0 bridgehead atoms. The zero-order valence-electron chi connectivity index (χ0n) is 15.8. The first-order valence-electron chi connectivity index (χ1n) is 9.19. The van der Waals surface area contributed by atoms with Gasteiger partial charge >= 0.3 is 0 Å². The molecule has 0 radical (unpaired) electrons. The van der Waals surface area contributed by atoms with Gasteiger partial charge in [-0.3, -0.25) is 0 Å². The highest BCUT2D eigenvalue weighted by Crippen LogP contribution is 2.18. The molecule has 3 aromatic carbocycles. The van der Waals surface area contributed by atoms with Crippen molar-refractivity contribution in [1.29, 1.82) is 0 Å². The summed E-state index contributed by atoms with van der Waals surface area (Å²) in [4.78, 5) is 13.3. The molecular weight excluding hydrogens is 489 g/mol. The van der Waals surface area contributed by atoms with Crippen LogP contribution < -0.4 is 16.1 Å². The topological polar surface area (TPSA) is 87.1 Å². The van der Waals surface area contributed by atoms with Crippen LogP contribution in [0.3, 0.4) is 0 Å². The summed E-state index contributed by atoms with van der Waals surface area (Å²) in [5.74, 6) is 1.13. The number of nitrogens with one attached hydrogen (secondary N) is 3. The predicted octanol–water partition coefficient (Wildman–Crippen LogP) is 5.41. The quantitative estimate of drug-likeness (QED) is 0.176. The maximum Gasteiger partial charge on any atom is 0.250 e. The molecule has 3 N–H and O–H groups in total. The van der Waals surface area contributed by atoms with Gasteiger partial charge in [-0.05, 0) is 64.6 Å². The van der Waals surface area contributed by atoms with Crippen LogP contribution in [0.5, 0.6) is 0 Å². The summed E-state index contributed by atoms with van der Waals surface area (Å²) < 4.78 is 1.14. The van der Waals surface area contributed by atoms with Gasteiger partial charge in [0.2, 0.25) is 17.8 Å². The molecule has 0 saturated carbocycles. The summed E-state index contributed by atoms with van der Waals surface area (Å²) in [7, 11) is 0. The van der Waals surface area contributed by atoms with Crippen LogP contribution in [-0.2, 0) is 0 Å². The average Bonchev–Trinajstić information content (AvgIpc) is 2.75. The van der Waals surface area contributed by atoms with E-state index in [9.17, 15) is 0 Å². The minimum atomic E-state index is 0.323. The monoisotopic (exact) mass is 507 g/mol. The molecule has 0 aliphatic carbocycles. The lowest BCUT2D eigenvalue weighted by Gasteiger charge is -2.10. The number of nitrogens with zero attached hydrogens (tertiary/aromatic N) is 4. The highest BCUT2D eigenvalue weighted by molar-refractivity contribution is 14.1. The van der Waals surface area contributed by atoms with E-state index in [0.717, 1.165) is 20.5 Å². The molecule has 0 aliphatic heterocycles. The molecule has 0 saturated heterocycles. The van der Waals surface area contributed by atoms with E-state index in [4.69, 9.17) is 0 Å². The molecule has 7 nitrogen and oxygen atoms in total. The summed E-state index contributed by atoms with van der Waals surface area (Å²) in [6, 6.07) is 27.5. The maximum absolute atomic E-state index is 4.46. The highest BCUT2D eigenvalue weighted by Gasteiger charge is 2.07. The van der Waals surface area contributed by atoms with E-state index in [-0.39, 0.29) is 0 Å². The Morgan fingerprint density at radius 1 is 0.667 bits per heavy atom.